The van der Waals surface area contributed by atoms with Crippen LogP contribution in [0.2, 0.25) is 5.02 Å². The number of ether oxygens (including phenoxy) is 2. The average Bonchev–Trinajstić information content (AvgIpc) is 3.20. The number of halogens is 1. The van der Waals surface area contributed by atoms with E-state index in [0.717, 1.165) is 0 Å². The van der Waals surface area contributed by atoms with Crippen molar-refractivity contribution in [2.24, 2.45) is 7.05 Å². The molecule has 3 aromatic rings. The molecule has 12 nitrogen and oxygen atoms in total. The summed E-state index contributed by atoms with van der Waals surface area (Å²) in [4.78, 5) is 48.5. The lowest BCUT2D eigenvalue weighted by atomic mass is 10.3. The third-order valence-corrected chi connectivity index (χ3v) is 5.71. The van der Waals surface area contributed by atoms with E-state index < -0.39 is 24.2 Å². The first-order chi connectivity index (χ1) is 16.3. The van der Waals surface area contributed by atoms with Crippen molar-refractivity contribution in [2.75, 3.05) is 44.3 Å². The van der Waals surface area contributed by atoms with Crippen molar-refractivity contribution in [3.8, 4) is 11.7 Å². The minimum absolute atomic E-state index is 0.0865. The minimum atomic E-state index is -0.988. The summed E-state index contributed by atoms with van der Waals surface area (Å²) in [7, 11) is 1.48. The molecule has 1 N–H and O–H groups in total. The fraction of sp³-hybridized carbons (Fsp3) is 0.381. The number of hydrogen-bond donors (Lipinski definition) is 1. The first kappa shape index (κ1) is 23.4. The molecule has 13 heteroatoms. The fourth-order valence-corrected chi connectivity index (χ4v) is 3.92. The molecule has 3 heterocycles. The summed E-state index contributed by atoms with van der Waals surface area (Å²) in [5.74, 6) is -0.185. The van der Waals surface area contributed by atoms with E-state index in [1.165, 1.54) is 16.5 Å². The maximum Gasteiger partial charge on any atom is 0.407 e. The Morgan fingerprint density at radius 2 is 1.85 bits per heavy atom. The van der Waals surface area contributed by atoms with E-state index in [9.17, 15) is 19.5 Å². The van der Waals surface area contributed by atoms with Gasteiger partial charge in [-0.15, -0.1) is 0 Å². The molecule has 1 aromatic carbocycles. The maximum absolute atomic E-state index is 13.4. The summed E-state index contributed by atoms with van der Waals surface area (Å²) in [5.41, 5.74) is 0.361. The number of imidazole rings is 1. The van der Waals surface area contributed by atoms with E-state index >= 15 is 0 Å². The van der Waals surface area contributed by atoms with Gasteiger partial charge in [0.1, 0.15) is 0 Å². The van der Waals surface area contributed by atoms with Crippen molar-refractivity contribution in [3.63, 3.8) is 0 Å². The number of benzene rings is 1. The number of hydrogen-bond acceptors (Lipinski definition) is 8. The predicted octanol–water partition coefficient (Wildman–Crippen LogP) is 1.51. The number of aromatic nitrogens is 4. The van der Waals surface area contributed by atoms with Crippen molar-refractivity contribution in [1.82, 2.24) is 24.0 Å². The Balaban J connectivity index is 1.82. The molecule has 0 saturated carbocycles. The summed E-state index contributed by atoms with van der Waals surface area (Å²) in [6, 6.07) is 6.92. The van der Waals surface area contributed by atoms with E-state index in [-0.39, 0.29) is 36.9 Å². The number of carbonyl (C=O) groups is 2. The molecular formula is C21H23ClN6O6. The van der Waals surface area contributed by atoms with Gasteiger partial charge in [0, 0.05) is 33.2 Å². The summed E-state index contributed by atoms with van der Waals surface area (Å²) in [5, 5.41) is 9.67. The highest BCUT2D eigenvalue weighted by atomic mass is 35.5. The average molecular weight is 491 g/mol. The van der Waals surface area contributed by atoms with Gasteiger partial charge in [0.05, 0.1) is 17.3 Å². The predicted molar refractivity (Wildman–Crippen MR) is 123 cm³/mol. The van der Waals surface area contributed by atoms with Gasteiger partial charge in [0.15, 0.2) is 17.8 Å². The third kappa shape index (κ3) is 4.36. The van der Waals surface area contributed by atoms with Crippen LogP contribution in [0.4, 0.5) is 10.7 Å². The highest BCUT2D eigenvalue weighted by Gasteiger charge is 2.28. The number of nitrogens with zero attached hydrogens (tertiary/aromatic N) is 6. The number of anilines is 1. The van der Waals surface area contributed by atoms with Crippen molar-refractivity contribution >= 4 is 40.8 Å². The van der Waals surface area contributed by atoms with Crippen molar-refractivity contribution < 1.29 is 24.2 Å². The van der Waals surface area contributed by atoms with E-state index in [1.807, 2.05) is 4.90 Å². The van der Waals surface area contributed by atoms with Gasteiger partial charge in [-0.05, 0) is 19.1 Å². The quantitative estimate of drug-likeness (QED) is 0.510. The molecule has 1 saturated heterocycles. The third-order valence-electron chi connectivity index (χ3n) is 5.39. The summed E-state index contributed by atoms with van der Waals surface area (Å²) in [6.07, 6.45) is -0.988. The van der Waals surface area contributed by atoms with Gasteiger partial charge in [-0.2, -0.15) is 9.97 Å². The van der Waals surface area contributed by atoms with Crippen LogP contribution < -0.4 is 15.2 Å². The lowest BCUT2D eigenvalue weighted by Gasteiger charge is -2.34. The van der Waals surface area contributed by atoms with Crippen LogP contribution in [0.15, 0.2) is 29.1 Å². The van der Waals surface area contributed by atoms with Gasteiger partial charge in [-0.25, -0.2) is 9.59 Å². The zero-order valence-corrected chi connectivity index (χ0v) is 19.4. The van der Waals surface area contributed by atoms with Crippen LogP contribution in [0.1, 0.15) is 6.92 Å². The Morgan fingerprint density at radius 3 is 2.50 bits per heavy atom. The SMILES string of the molecule is CCOC(=O)COc1nc2nc(N3CCN(C(=O)O)CC3)n(-c3ccccc3Cl)c2c(=O)n1C. The molecule has 0 atom stereocenters. The first-order valence-electron chi connectivity index (χ1n) is 10.6. The molecular weight excluding hydrogens is 468 g/mol. The molecule has 0 aliphatic carbocycles. The molecule has 0 radical (unpaired) electrons. The maximum atomic E-state index is 13.4. The Hall–Kier alpha value is -3.80. The molecule has 1 aliphatic rings. The van der Waals surface area contributed by atoms with Gasteiger partial charge in [-0.3, -0.25) is 13.9 Å². The van der Waals surface area contributed by atoms with Crippen LogP contribution in [-0.2, 0) is 16.6 Å². The zero-order valence-electron chi connectivity index (χ0n) is 18.6. The lowest BCUT2D eigenvalue weighted by Crippen LogP contribution is -2.49. The van der Waals surface area contributed by atoms with Crippen LogP contribution in [0, 0.1) is 0 Å². The number of carboxylic acid groups (broad SMARTS) is 1. The molecule has 2 aromatic heterocycles. The summed E-state index contributed by atoms with van der Waals surface area (Å²) in [6.45, 7) is 2.76. The highest BCUT2D eigenvalue weighted by molar-refractivity contribution is 6.32. The molecule has 0 bridgehead atoms. The fourth-order valence-electron chi connectivity index (χ4n) is 3.70. The first-order valence-corrected chi connectivity index (χ1v) is 10.9. The molecule has 4 rings (SSSR count). The summed E-state index contributed by atoms with van der Waals surface area (Å²) < 4.78 is 13.1. The number of esters is 1. The smallest absolute Gasteiger partial charge is 0.407 e. The van der Waals surface area contributed by atoms with E-state index in [0.29, 0.717) is 29.7 Å². The van der Waals surface area contributed by atoms with Gasteiger partial charge >= 0.3 is 18.1 Å². The van der Waals surface area contributed by atoms with E-state index in [2.05, 4.69) is 9.97 Å². The Labute approximate surface area is 198 Å². The van der Waals surface area contributed by atoms with Gasteiger partial charge in [0.25, 0.3) is 5.56 Å². The topological polar surface area (TPSA) is 132 Å². The molecule has 1 fully saturated rings. The molecule has 0 spiro atoms. The van der Waals surface area contributed by atoms with Gasteiger partial charge in [-0.1, -0.05) is 23.7 Å². The van der Waals surface area contributed by atoms with Crippen LogP contribution in [0.5, 0.6) is 6.01 Å². The molecule has 1 aliphatic heterocycles. The molecule has 180 valence electrons. The standard InChI is InChI=1S/C21H23ClN6O6/c1-3-33-15(29)12-34-20-24-17-16(18(30)25(20)2)28(14-7-5-4-6-13(14)22)19(23-17)26-8-10-27(11-9-26)21(31)32/h4-7H,3,8-12H2,1-2H3,(H,31,32). The van der Waals surface area contributed by atoms with Gasteiger partial charge in [0.2, 0.25) is 5.95 Å². The monoisotopic (exact) mass is 490 g/mol. The summed E-state index contributed by atoms with van der Waals surface area (Å²) >= 11 is 6.47. The number of carbonyl (C=O) groups excluding carboxylic acids is 1. The van der Waals surface area contributed by atoms with Crippen LogP contribution in [-0.4, -0.2) is 80.6 Å². The number of piperazine rings is 1. The number of fused-ring (bicyclic) bond motifs is 1. The molecule has 1 amide bonds. The normalized spacial score (nSPS) is 13.9. The Bertz CT molecular complexity index is 1300. The largest absolute Gasteiger partial charge is 0.465 e. The van der Waals surface area contributed by atoms with Crippen molar-refractivity contribution in [1.29, 1.82) is 0 Å². The van der Waals surface area contributed by atoms with Crippen LogP contribution >= 0.6 is 11.6 Å². The Morgan fingerprint density at radius 1 is 1.15 bits per heavy atom. The van der Waals surface area contributed by atoms with E-state index in [4.69, 9.17) is 21.1 Å². The van der Waals surface area contributed by atoms with Crippen molar-refractivity contribution in [2.45, 2.75) is 6.92 Å². The van der Waals surface area contributed by atoms with Crippen molar-refractivity contribution in [3.05, 3.63) is 39.6 Å². The minimum Gasteiger partial charge on any atom is -0.465 e. The Kier molecular flexibility index (Phi) is 6.59. The van der Waals surface area contributed by atoms with E-state index in [1.54, 1.807) is 35.8 Å². The number of amides is 1. The second-order valence-electron chi connectivity index (χ2n) is 7.48. The zero-order chi connectivity index (χ0) is 24.4. The van der Waals surface area contributed by atoms with Crippen LogP contribution in [0.25, 0.3) is 16.9 Å². The number of para-hydroxylation sites is 1. The second-order valence-corrected chi connectivity index (χ2v) is 7.89. The van der Waals surface area contributed by atoms with Crippen LogP contribution in [0.3, 0.4) is 0 Å². The van der Waals surface area contributed by atoms with Gasteiger partial charge < -0.3 is 24.4 Å². The molecule has 0 unspecified atom stereocenters. The molecule has 34 heavy (non-hydrogen) atoms. The lowest BCUT2D eigenvalue weighted by molar-refractivity contribution is -0.145. The highest BCUT2D eigenvalue weighted by Crippen LogP contribution is 2.30. The number of rotatable bonds is 6. The second kappa shape index (κ2) is 9.59.